The van der Waals surface area contributed by atoms with E-state index < -0.39 is 17.7 Å². The lowest BCUT2D eigenvalue weighted by Crippen LogP contribution is -2.02. The first-order valence-electron chi connectivity index (χ1n) is 9.91. The van der Waals surface area contributed by atoms with Crippen LogP contribution in [0.4, 0.5) is 8.78 Å². The van der Waals surface area contributed by atoms with E-state index in [0.29, 0.717) is 16.6 Å². The number of benzene rings is 3. The van der Waals surface area contributed by atoms with Gasteiger partial charge in [0.1, 0.15) is 6.10 Å². The summed E-state index contributed by atoms with van der Waals surface area (Å²) < 4.78 is 26.9. The van der Waals surface area contributed by atoms with Gasteiger partial charge in [0.2, 0.25) is 0 Å². The largest absolute Gasteiger partial charge is 0.384 e. The first-order chi connectivity index (χ1) is 14.6. The van der Waals surface area contributed by atoms with Gasteiger partial charge in [0.15, 0.2) is 11.6 Å². The zero-order valence-corrected chi connectivity index (χ0v) is 16.1. The van der Waals surface area contributed by atoms with E-state index in [0.717, 1.165) is 47.2 Å². The van der Waals surface area contributed by atoms with E-state index in [1.165, 1.54) is 5.56 Å². The number of aryl methyl sites for hydroxylation is 2. The van der Waals surface area contributed by atoms with Gasteiger partial charge in [-0.05, 0) is 64.9 Å². The average molecular weight is 399 g/mol. The fourth-order valence-electron chi connectivity index (χ4n) is 4.07. The van der Waals surface area contributed by atoms with Gasteiger partial charge < -0.3 is 5.11 Å². The quantitative estimate of drug-likeness (QED) is 0.458. The van der Waals surface area contributed by atoms with Crippen LogP contribution in [-0.4, -0.2) is 10.1 Å². The Labute approximate surface area is 173 Å². The first-order valence-corrected chi connectivity index (χ1v) is 9.91. The summed E-state index contributed by atoms with van der Waals surface area (Å²) in [7, 11) is 0. The van der Waals surface area contributed by atoms with Crippen molar-refractivity contribution in [1.82, 2.24) is 4.98 Å². The lowest BCUT2D eigenvalue weighted by Gasteiger charge is -2.15. The Morgan fingerprint density at radius 2 is 1.57 bits per heavy atom. The number of aliphatic hydroxyl groups excluding tert-OH is 1. The summed E-state index contributed by atoms with van der Waals surface area (Å²) in [6, 6.07) is 19.9. The van der Waals surface area contributed by atoms with E-state index in [9.17, 15) is 13.9 Å². The summed E-state index contributed by atoms with van der Waals surface area (Å²) in [6.45, 7) is 0. The van der Waals surface area contributed by atoms with Crippen LogP contribution in [-0.2, 0) is 12.8 Å². The number of pyridine rings is 1. The van der Waals surface area contributed by atoms with Gasteiger partial charge in [-0.3, -0.25) is 0 Å². The highest BCUT2D eigenvalue weighted by molar-refractivity contribution is 5.81. The summed E-state index contributed by atoms with van der Waals surface area (Å²) in [5.41, 5.74) is 6.21. The Kier molecular flexibility index (Phi) is 4.64. The fraction of sp³-hybridized carbons (Fsp3) is 0.115. The molecule has 148 valence electrons. The number of nitrogens with zero attached hydrogens (tertiary/aromatic N) is 1. The molecule has 2 nitrogen and oxygen atoms in total. The molecule has 30 heavy (non-hydrogen) atoms. The summed E-state index contributed by atoms with van der Waals surface area (Å²) in [4.78, 5) is 4.40. The summed E-state index contributed by atoms with van der Waals surface area (Å²) in [5.74, 6) is -1.78. The Morgan fingerprint density at radius 1 is 0.800 bits per heavy atom. The number of hydrogen-bond acceptors (Lipinski definition) is 2. The van der Waals surface area contributed by atoms with Crippen molar-refractivity contribution in [3.63, 3.8) is 0 Å². The third-order valence-electron chi connectivity index (χ3n) is 5.68. The summed E-state index contributed by atoms with van der Waals surface area (Å²) in [6.07, 6.45) is 4.90. The third kappa shape index (κ3) is 3.40. The van der Waals surface area contributed by atoms with Crippen LogP contribution in [0.2, 0.25) is 0 Å². The molecule has 1 aliphatic carbocycles. The Morgan fingerprint density at radius 3 is 2.43 bits per heavy atom. The maximum atomic E-state index is 13.5. The highest BCUT2D eigenvalue weighted by Crippen LogP contribution is 2.33. The van der Waals surface area contributed by atoms with E-state index in [1.807, 2.05) is 42.5 Å². The van der Waals surface area contributed by atoms with Gasteiger partial charge in [0.25, 0.3) is 0 Å². The van der Waals surface area contributed by atoms with Crippen LogP contribution >= 0.6 is 0 Å². The predicted octanol–water partition coefficient (Wildman–Crippen LogP) is 5.86. The molecule has 1 unspecified atom stereocenters. The molecule has 0 spiro atoms. The summed E-state index contributed by atoms with van der Waals surface area (Å²) in [5, 5.41) is 11.5. The lowest BCUT2D eigenvalue weighted by atomic mass is 9.95. The molecule has 1 heterocycles. The van der Waals surface area contributed by atoms with Crippen LogP contribution in [0.1, 0.15) is 39.6 Å². The van der Waals surface area contributed by atoms with Gasteiger partial charge in [0.05, 0.1) is 11.2 Å². The maximum Gasteiger partial charge on any atom is 0.161 e. The first kappa shape index (κ1) is 18.6. The molecule has 0 fully saturated rings. The molecular formula is C26H19F2NO. The molecule has 0 saturated heterocycles. The van der Waals surface area contributed by atoms with Crippen molar-refractivity contribution in [3.8, 4) is 0 Å². The van der Waals surface area contributed by atoms with E-state index in [1.54, 1.807) is 12.1 Å². The third-order valence-corrected chi connectivity index (χ3v) is 5.68. The van der Waals surface area contributed by atoms with Gasteiger partial charge in [0, 0.05) is 11.5 Å². The fourth-order valence-corrected chi connectivity index (χ4v) is 4.07. The van der Waals surface area contributed by atoms with Gasteiger partial charge in [-0.25, -0.2) is 13.8 Å². The zero-order valence-electron chi connectivity index (χ0n) is 16.1. The lowest BCUT2D eigenvalue weighted by molar-refractivity contribution is 0.219. The van der Waals surface area contributed by atoms with Crippen LogP contribution in [0, 0.1) is 11.6 Å². The second kappa shape index (κ2) is 7.47. The molecule has 4 heteroatoms. The molecule has 1 atom stereocenters. The number of aliphatic hydroxyl groups is 1. The highest BCUT2D eigenvalue weighted by atomic mass is 19.2. The molecule has 0 bridgehead atoms. The molecule has 4 aromatic rings. The minimum absolute atomic E-state index is 0.407. The van der Waals surface area contributed by atoms with Crippen molar-refractivity contribution in [2.75, 3.05) is 0 Å². The minimum atomic E-state index is -0.906. The second-order valence-electron chi connectivity index (χ2n) is 7.59. The van der Waals surface area contributed by atoms with Gasteiger partial charge in [-0.2, -0.15) is 0 Å². The van der Waals surface area contributed by atoms with Crippen molar-refractivity contribution in [2.45, 2.75) is 18.9 Å². The SMILES string of the molecule is OC1c2ccccc2CCc2ccc(C=Cc3ccc4cc(F)c(F)cc4n3)cc21. The van der Waals surface area contributed by atoms with E-state index in [-0.39, 0.29) is 0 Å². The molecule has 0 radical (unpaired) electrons. The topological polar surface area (TPSA) is 33.1 Å². The molecule has 0 amide bonds. The number of hydrogen-bond donors (Lipinski definition) is 1. The normalized spacial score (nSPS) is 15.8. The van der Waals surface area contributed by atoms with E-state index >= 15 is 0 Å². The molecular weight excluding hydrogens is 380 g/mol. The van der Waals surface area contributed by atoms with Crippen LogP contribution in [0.3, 0.4) is 0 Å². The predicted molar refractivity (Wildman–Crippen MR) is 115 cm³/mol. The molecule has 1 aromatic heterocycles. The van der Waals surface area contributed by atoms with Crippen molar-refractivity contribution in [1.29, 1.82) is 0 Å². The van der Waals surface area contributed by atoms with Crippen molar-refractivity contribution in [3.05, 3.63) is 112 Å². The highest BCUT2D eigenvalue weighted by Gasteiger charge is 2.21. The van der Waals surface area contributed by atoms with Crippen molar-refractivity contribution in [2.24, 2.45) is 0 Å². The number of halogens is 2. The zero-order chi connectivity index (χ0) is 20.7. The summed E-state index contributed by atoms with van der Waals surface area (Å²) >= 11 is 0. The van der Waals surface area contributed by atoms with Crippen LogP contribution < -0.4 is 0 Å². The molecule has 1 aliphatic rings. The Hall–Kier alpha value is -3.37. The smallest absolute Gasteiger partial charge is 0.161 e. The number of fused-ring (bicyclic) bond motifs is 3. The van der Waals surface area contributed by atoms with Crippen LogP contribution in [0.15, 0.2) is 66.7 Å². The minimum Gasteiger partial charge on any atom is -0.384 e. The number of rotatable bonds is 2. The van der Waals surface area contributed by atoms with Crippen LogP contribution in [0.5, 0.6) is 0 Å². The van der Waals surface area contributed by atoms with Crippen LogP contribution in [0.25, 0.3) is 23.1 Å². The number of aromatic nitrogens is 1. The molecule has 0 saturated carbocycles. The Balaban J connectivity index is 1.47. The molecule has 3 aromatic carbocycles. The molecule has 0 aliphatic heterocycles. The maximum absolute atomic E-state index is 13.5. The molecule has 5 rings (SSSR count). The Bertz CT molecular complexity index is 1300. The van der Waals surface area contributed by atoms with Crippen molar-refractivity contribution < 1.29 is 13.9 Å². The van der Waals surface area contributed by atoms with Gasteiger partial charge >= 0.3 is 0 Å². The van der Waals surface area contributed by atoms with E-state index in [4.69, 9.17) is 0 Å². The molecule has 1 N–H and O–H groups in total. The van der Waals surface area contributed by atoms with Gasteiger partial charge in [-0.1, -0.05) is 48.5 Å². The standard InChI is InChI=1S/C26H19F2NO/c27-23-14-19-10-12-20(29-25(19)15-24(23)28)11-6-16-5-7-18-9-8-17-3-1-2-4-21(17)26(30)22(18)13-16/h1-7,10-15,26,30H,8-9H2. The average Bonchev–Trinajstić information content (AvgIpc) is 2.90. The van der Waals surface area contributed by atoms with Gasteiger partial charge in [-0.15, -0.1) is 0 Å². The monoisotopic (exact) mass is 399 g/mol. The van der Waals surface area contributed by atoms with E-state index in [2.05, 4.69) is 17.1 Å². The van der Waals surface area contributed by atoms with Crippen molar-refractivity contribution >= 4 is 23.1 Å². The second-order valence-corrected chi connectivity index (χ2v) is 7.59.